The fraction of sp³-hybridized carbons (Fsp3) is 0.400. The number of carbonyl (C=O) groups is 1. The number of halogens is 1. The lowest BCUT2D eigenvalue weighted by Crippen LogP contribution is -2.27. The summed E-state index contributed by atoms with van der Waals surface area (Å²) in [6, 6.07) is 7.14. The van der Waals surface area contributed by atoms with Crippen molar-refractivity contribution >= 4 is 28.8 Å². The van der Waals surface area contributed by atoms with E-state index in [1.807, 2.05) is 0 Å². The maximum Gasteiger partial charge on any atom is 0.270 e. The average Bonchev–Trinajstić information content (AvgIpc) is 3.28. The molecule has 1 aromatic carbocycles. The molecule has 0 spiro atoms. The Morgan fingerprint density at radius 1 is 1.21 bits per heavy atom. The third-order valence-electron chi connectivity index (χ3n) is 4.78. The van der Waals surface area contributed by atoms with E-state index in [4.69, 9.17) is 16.3 Å². The van der Waals surface area contributed by atoms with E-state index in [1.54, 1.807) is 29.6 Å². The van der Waals surface area contributed by atoms with Gasteiger partial charge in [-0.3, -0.25) is 4.79 Å². The Morgan fingerprint density at radius 2 is 2.07 bits per heavy atom. The van der Waals surface area contributed by atoms with Crippen molar-refractivity contribution < 1.29 is 9.53 Å². The molecular weight excluding hydrogens is 410 g/mol. The number of carbonyl (C=O) groups excluding carboxylic acids is 1. The summed E-state index contributed by atoms with van der Waals surface area (Å²) in [5.74, 6) is 2.53. The van der Waals surface area contributed by atoms with E-state index in [9.17, 15) is 4.79 Å². The lowest BCUT2D eigenvalue weighted by atomic mass is 10.2. The number of thiazole rings is 1. The van der Waals surface area contributed by atoms with Crippen molar-refractivity contribution in [1.29, 1.82) is 0 Å². The van der Waals surface area contributed by atoms with Crippen molar-refractivity contribution in [1.82, 2.24) is 25.1 Å². The molecule has 2 aromatic heterocycles. The van der Waals surface area contributed by atoms with Gasteiger partial charge in [0, 0.05) is 36.3 Å². The maximum atomic E-state index is 12.4. The molecule has 9 heteroatoms. The monoisotopic (exact) mass is 431 g/mol. The molecule has 4 rings (SSSR count). The summed E-state index contributed by atoms with van der Waals surface area (Å²) in [6.07, 6.45) is 5.20. The maximum absolute atomic E-state index is 12.4. The topological polar surface area (TPSA) is 81.9 Å². The fourth-order valence-corrected chi connectivity index (χ4v) is 4.08. The summed E-state index contributed by atoms with van der Waals surface area (Å²) < 4.78 is 7.88. The van der Waals surface area contributed by atoms with E-state index in [-0.39, 0.29) is 5.91 Å². The number of nitrogens with one attached hydrogen (secondary N) is 1. The molecule has 1 aliphatic heterocycles. The van der Waals surface area contributed by atoms with Gasteiger partial charge in [0.05, 0.1) is 0 Å². The summed E-state index contributed by atoms with van der Waals surface area (Å²) in [5, 5.41) is 14.7. The van der Waals surface area contributed by atoms with Gasteiger partial charge in [-0.25, -0.2) is 4.98 Å². The van der Waals surface area contributed by atoms with E-state index in [0.29, 0.717) is 36.0 Å². The smallest absolute Gasteiger partial charge is 0.270 e. The zero-order valence-electron chi connectivity index (χ0n) is 15.9. The highest BCUT2D eigenvalue weighted by Crippen LogP contribution is 2.18. The lowest BCUT2D eigenvalue weighted by molar-refractivity contribution is 0.0949. The van der Waals surface area contributed by atoms with Gasteiger partial charge in [0.25, 0.3) is 5.91 Å². The van der Waals surface area contributed by atoms with Gasteiger partial charge in [-0.1, -0.05) is 18.0 Å². The van der Waals surface area contributed by atoms with Gasteiger partial charge in [-0.2, -0.15) is 0 Å². The molecule has 29 heavy (non-hydrogen) atoms. The molecule has 0 radical (unpaired) electrons. The predicted molar refractivity (Wildman–Crippen MR) is 112 cm³/mol. The van der Waals surface area contributed by atoms with E-state index >= 15 is 0 Å². The Balaban J connectivity index is 1.26. The minimum atomic E-state index is -0.186. The molecule has 3 heterocycles. The summed E-state index contributed by atoms with van der Waals surface area (Å²) in [5.41, 5.74) is 0.407. The number of aryl methyl sites for hydroxylation is 1. The van der Waals surface area contributed by atoms with Gasteiger partial charge in [0.1, 0.15) is 34.7 Å². The van der Waals surface area contributed by atoms with E-state index in [0.717, 1.165) is 36.0 Å². The van der Waals surface area contributed by atoms with Crippen LogP contribution in [0.4, 0.5) is 0 Å². The number of benzene rings is 1. The van der Waals surface area contributed by atoms with E-state index in [2.05, 4.69) is 25.1 Å². The summed E-state index contributed by atoms with van der Waals surface area (Å²) >= 11 is 7.27. The highest BCUT2D eigenvalue weighted by molar-refractivity contribution is 7.09. The second-order valence-corrected chi connectivity index (χ2v) is 8.25. The molecular formula is C20H22ClN5O2S. The van der Waals surface area contributed by atoms with Crippen LogP contribution in [0, 0.1) is 0 Å². The average molecular weight is 432 g/mol. The minimum Gasteiger partial charge on any atom is -0.486 e. The SMILES string of the molecule is O=C(NCCc1nnc2n1CCCCC2)c1csc(COc2ccc(Cl)cc2)n1. The van der Waals surface area contributed by atoms with Gasteiger partial charge in [0.15, 0.2) is 0 Å². The second kappa shape index (κ2) is 9.37. The van der Waals surface area contributed by atoms with Crippen molar-refractivity contribution in [3.8, 4) is 5.75 Å². The first-order valence-electron chi connectivity index (χ1n) is 9.71. The van der Waals surface area contributed by atoms with Crippen LogP contribution in [0.5, 0.6) is 5.75 Å². The Labute approximate surface area is 178 Å². The molecule has 1 amide bonds. The van der Waals surface area contributed by atoms with Crippen molar-refractivity contribution in [3.05, 3.63) is 57.0 Å². The number of hydrogen-bond donors (Lipinski definition) is 1. The first kappa shape index (κ1) is 19.8. The van der Waals surface area contributed by atoms with Gasteiger partial charge in [-0.05, 0) is 37.1 Å². The van der Waals surface area contributed by atoms with E-state index in [1.165, 1.54) is 24.2 Å². The van der Waals surface area contributed by atoms with Crippen molar-refractivity contribution in [2.45, 2.75) is 45.3 Å². The molecule has 152 valence electrons. The molecule has 0 saturated carbocycles. The molecule has 0 aliphatic carbocycles. The molecule has 0 fully saturated rings. The number of aromatic nitrogens is 4. The third kappa shape index (κ3) is 5.13. The number of hydrogen-bond acceptors (Lipinski definition) is 6. The van der Waals surface area contributed by atoms with Crippen molar-refractivity contribution in [2.24, 2.45) is 0 Å². The van der Waals surface area contributed by atoms with Crippen LogP contribution in [0.15, 0.2) is 29.6 Å². The number of ether oxygens (including phenoxy) is 1. The molecule has 0 unspecified atom stereocenters. The van der Waals surface area contributed by atoms with Crippen LogP contribution in [0.1, 0.15) is 46.4 Å². The van der Waals surface area contributed by atoms with Gasteiger partial charge in [0.2, 0.25) is 0 Å². The number of nitrogens with zero attached hydrogens (tertiary/aromatic N) is 4. The Hall–Kier alpha value is -2.45. The zero-order valence-corrected chi connectivity index (χ0v) is 17.5. The molecule has 0 bridgehead atoms. The second-order valence-electron chi connectivity index (χ2n) is 6.87. The van der Waals surface area contributed by atoms with Crippen LogP contribution in [0.3, 0.4) is 0 Å². The number of fused-ring (bicyclic) bond motifs is 1. The van der Waals surface area contributed by atoms with Gasteiger partial charge >= 0.3 is 0 Å². The molecule has 0 atom stereocenters. The highest BCUT2D eigenvalue weighted by atomic mass is 35.5. The van der Waals surface area contributed by atoms with Crippen LogP contribution >= 0.6 is 22.9 Å². The first-order valence-corrected chi connectivity index (χ1v) is 11.0. The third-order valence-corrected chi connectivity index (χ3v) is 5.85. The zero-order chi connectivity index (χ0) is 20.1. The Bertz CT molecular complexity index is 970. The quantitative estimate of drug-likeness (QED) is 0.617. The Morgan fingerprint density at radius 3 is 2.93 bits per heavy atom. The normalized spacial score (nSPS) is 13.6. The fourth-order valence-electron chi connectivity index (χ4n) is 3.27. The lowest BCUT2D eigenvalue weighted by Gasteiger charge is -2.07. The summed E-state index contributed by atoms with van der Waals surface area (Å²) in [7, 11) is 0. The predicted octanol–water partition coefficient (Wildman–Crippen LogP) is 3.67. The molecule has 7 nitrogen and oxygen atoms in total. The van der Waals surface area contributed by atoms with E-state index < -0.39 is 0 Å². The van der Waals surface area contributed by atoms with Crippen molar-refractivity contribution in [3.63, 3.8) is 0 Å². The Kier molecular flexibility index (Phi) is 6.41. The van der Waals surface area contributed by atoms with Gasteiger partial charge in [-0.15, -0.1) is 21.5 Å². The largest absolute Gasteiger partial charge is 0.486 e. The first-order chi connectivity index (χ1) is 14.2. The standard InChI is InChI=1S/C20H22ClN5O2S/c21-14-5-7-15(8-6-14)28-12-19-23-16(13-29-19)20(27)22-10-9-18-25-24-17-4-2-1-3-11-26(17)18/h5-8,13H,1-4,9-12H2,(H,22,27). The molecule has 3 aromatic rings. The van der Waals surface area contributed by atoms with Crippen molar-refractivity contribution in [2.75, 3.05) is 6.54 Å². The molecule has 1 N–H and O–H groups in total. The summed E-state index contributed by atoms with van der Waals surface area (Å²) in [4.78, 5) is 16.7. The van der Waals surface area contributed by atoms with Crippen LogP contribution in [0.25, 0.3) is 0 Å². The van der Waals surface area contributed by atoms with Crippen LogP contribution in [-0.4, -0.2) is 32.2 Å². The summed E-state index contributed by atoms with van der Waals surface area (Å²) in [6.45, 7) is 1.78. The number of rotatable bonds is 7. The minimum absolute atomic E-state index is 0.186. The molecule has 0 saturated heterocycles. The van der Waals surface area contributed by atoms with Crippen LogP contribution in [-0.2, 0) is 26.0 Å². The van der Waals surface area contributed by atoms with Gasteiger partial charge < -0.3 is 14.6 Å². The van der Waals surface area contributed by atoms with Crippen LogP contribution in [0.2, 0.25) is 5.02 Å². The highest BCUT2D eigenvalue weighted by Gasteiger charge is 2.15. The van der Waals surface area contributed by atoms with Crippen LogP contribution < -0.4 is 10.1 Å². The number of amides is 1. The molecule has 1 aliphatic rings.